The third-order valence-corrected chi connectivity index (χ3v) is 28.1. The van der Waals surface area contributed by atoms with Crippen LogP contribution in [0.3, 0.4) is 0 Å². The zero-order valence-electron chi connectivity index (χ0n) is 84.2. The molecule has 0 spiro atoms. The maximum atomic E-state index is 12.3. The number of aliphatic hydroxyl groups excluding tert-OH is 4. The van der Waals surface area contributed by atoms with Gasteiger partial charge in [-0.2, -0.15) is 0 Å². The summed E-state index contributed by atoms with van der Waals surface area (Å²) in [5.74, 6) is 2.41. The summed E-state index contributed by atoms with van der Waals surface area (Å²) in [6.07, 6.45) is 20.4. The lowest BCUT2D eigenvalue weighted by molar-refractivity contribution is 0.0136. The molecule has 0 aromatic heterocycles. The van der Waals surface area contributed by atoms with Crippen LogP contribution < -0.4 is 4.74 Å². The Balaban J connectivity index is 0.000000144. The van der Waals surface area contributed by atoms with Crippen molar-refractivity contribution in [1.82, 2.24) is 24.5 Å². The first-order valence-corrected chi connectivity index (χ1v) is 51.9. The van der Waals surface area contributed by atoms with Crippen LogP contribution in [0.15, 0.2) is 328 Å². The number of hydrogen-bond acceptors (Lipinski definition) is 15. The highest BCUT2D eigenvalue weighted by molar-refractivity contribution is 6.02. The van der Waals surface area contributed by atoms with Crippen molar-refractivity contribution < 1.29 is 55.1 Å². The summed E-state index contributed by atoms with van der Waals surface area (Å²) in [4.78, 5) is 24.2. The Labute approximate surface area is 848 Å². The lowest BCUT2D eigenvalue weighted by Crippen LogP contribution is -2.50. The van der Waals surface area contributed by atoms with Crippen LogP contribution in [0.5, 0.6) is 28.7 Å². The monoisotopic (exact) mass is 1920 g/mol. The smallest absolute Gasteiger partial charge is 0.410 e. The summed E-state index contributed by atoms with van der Waals surface area (Å²) >= 11 is 0. The summed E-state index contributed by atoms with van der Waals surface area (Å²) < 4.78 is 11.6. The van der Waals surface area contributed by atoms with E-state index >= 15 is 0 Å². The van der Waals surface area contributed by atoms with Gasteiger partial charge in [0, 0.05) is 103 Å². The van der Waals surface area contributed by atoms with Gasteiger partial charge in [-0.05, 0) is 356 Å². The number of phenols is 4. The molecule has 2 aliphatic carbocycles. The van der Waals surface area contributed by atoms with Gasteiger partial charge in [-0.15, -0.1) is 0 Å². The Bertz CT molecular complexity index is 6210. The molecule has 2 saturated carbocycles. The van der Waals surface area contributed by atoms with Crippen molar-refractivity contribution in [3.63, 3.8) is 0 Å². The van der Waals surface area contributed by atoms with Crippen molar-refractivity contribution in [3.05, 3.63) is 411 Å². The highest BCUT2D eigenvalue weighted by atomic mass is 16.6. The molecule has 18 rings (SSSR count). The Morgan fingerprint density at radius 2 is 0.678 bits per heavy atom. The normalized spacial score (nSPS) is 16.3. The van der Waals surface area contributed by atoms with Crippen LogP contribution >= 0.6 is 0 Å². The van der Waals surface area contributed by atoms with E-state index in [1.807, 2.05) is 118 Å². The van der Waals surface area contributed by atoms with E-state index in [1.165, 1.54) is 88.6 Å². The summed E-state index contributed by atoms with van der Waals surface area (Å²) in [6.45, 7) is 21.8. The first kappa shape index (κ1) is 104. The van der Waals surface area contributed by atoms with Gasteiger partial charge in [-0.25, -0.2) is 4.79 Å². The molecule has 0 atom stereocenters. The van der Waals surface area contributed by atoms with E-state index in [2.05, 4.69) is 228 Å². The third-order valence-electron chi connectivity index (χ3n) is 28.1. The van der Waals surface area contributed by atoms with Crippen molar-refractivity contribution in [2.75, 3.05) is 105 Å². The van der Waals surface area contributed by atoms with E-state index in [4.69, 9.17) is 9.47 Å². The molecule has 16 heteroatoms. The van der Waals surface area contributed by atoms with Gasteiger partial charge in [0.2, 0.25) is 0 Å². The van der Waals surface area contributed by atoms with Gasteiger partial charge in [0.05, 0.1) is 0 Å². The largest absolute Gasteiger partial charge is 0.508 e. The average Bonchev–Trinajstić information content (AvgIpc) is 1.39. The van der Waals surface area contributed by atoms with E-state index in [-0.39, 0.29) is 55.5 Å². The number of rotatable bonds is 34. The number of benzene rings is 12. The van der Waals surface area contributed by atoms with Gasteiger partial charge in [0.15, 0.2) is 0 Å². The molecule has 12 aromatic rings. The van der Waals surface area contributed by atoms with E-state index in [0.717, 1.165) is 204 Å². The van der Waals surface area contributed by atoms with Gasteiger partial charge in [0.25, 0.3) is 0 Å². The highest BCUT2D eigenvalue weighted by Gasteiger charge is 2.33. The minimum Gasteiger partial charge on any atom is -0.508 e. The second-order valence-corrected chi connectivity index (χ2v) is 39.7. The molecule has 4 fully saturated rings. The Kier molecular flexibility index (Phi) is 38.2. The number of allylic oxidation sites excluding steroid dienone is 4. The predicted octanol–water partition coefficient (Wildman–Crippen LogP) is 25.5. The SMILES string of the molecule is CC(C)(C)OC(=O)N1CCN(CCOc2ccc(/C(=C(/CCCO)c3ccccc3)c3ccc(O)cc3)cc2)CC1.CC(C)N1CCC(c2ccc(/C(=C(/CCCO)c3ccccc3)c3cccc(O)c3)cc2)CC1.OCCC/C(=C(/c1ccc(C2=CCN(C3CC3)CC2)cc1)c1cccc(O)c1)c1ccccc1.OCCC/C(=C(\c1ccc(O)cc1)c1ccc(C2=CCN(C3CC3)CC2)cc1)c1ccccc1. The first-order chi connectivity index (χ1) is 69.7. The number of piperidine rings is 1. The molecular weight excluding hydrogens is 1770 g/mol. The van der Waals surface area contributed by atoms with Crippen LogP contribution in [-0.4, -0.2) is 200 Å². The van der Waals surface area contributed by atoms with Crippen molar-refractivity contribution in [2.24, 2.45) is 0 Å². The Hall–Kier alpha value is -13.0. The third kappa shape index (κ3) is 29.9. The maximum Gasteiger partial charge on any atom is 0.410 e. The fourth-order valence-corrected chi connectivity index (χ4v) is 20.2. The molecule has 12 aromatic carbocycles. The number of piperazine rings is 1. The molecule has 1 amide bonds. The number of likely N-dealkylation sites (tertiary alicyclic amines) is 1. The number of carbonyl (C=O) groups excluding carboxylic acids is 1. The molecule has 0 radical (unpaired) electrons. The van der Waals surface area contributed by atoms with Crippen LogP contribution in [0.4, 0.5) is 4.79 Å². The fourth-order valence-electron chi connectivity index (χ4n) is 20.2. The fraction of sp³-hybridized carbons (Fsp3) is 0.331. The number of amides is 1. The van der Waals surface area contributed by atoms with Crippen LogP contribution in [-0.2, 0) is 4.74 Å². The number of aliphatic hydroxyl groups is 4. The van der Waals surface area contributed by atoms with Gasteiger partial charge in [-0.1, -0.05) is 267 Å². The Morgan fingerprint density at radius 1 is 0.350 bits per heavy atom. The highest BCUT2D eigenvalue weighted by Crippen LogP contribution is 2.44. The van der Waals surface area contributed by atoms with Gasteiger partial charge < -0.3 is 60.1 Å². The van der Waals surface area contributed by atoms with Gasteiger partial charge in [0.1, 0.15) is 41.0 Å². The average molecular weight is 1920 g/mol. The number of ether oxygens (including phenoxy) is 2. The second kappa shape index (κ2) is 52.3. The standard InChI is InChI=1S/C34H42N2O5.2C31H33NO2.C31H37NO2/c1-34(2,3)41-33(39)36-21-19-35(20-22-36)23-25-40-30-17-13-28(14-18-30)32(27-11-15-29(38)16-12-27)31(10-7-24-37)26-8-5-4-6-9-26;33-21-5-10-30(25-6-2-1-3-7-25)31(27-8-4-9-29(34)22-27)26-13-11-23(12-14-26)24-17-19-32(20-18-24)28-15-16-28;33-22-4-7-30(25-5-2-1-3-6-25)31(27-12-16-29(34)17-13-27)26-10-8-23(9-11-26)24-18-20-32(21-19-24)28-14-15-28;1-23(2)32-19-17-25(18-20-32)24-13-15-27(16-14-24)31(28-10-6-11-29(34)22-28)30(12-7-21-33)26-8-4-3-5-9-26/h4-6,8-9,11-18,37-38H,7,10,19-25H2,1-3H3;1-4,6-9,11-14,17,22,28,33-34H,5,10,15-16,18-21H2;1-3,5-6,8-13,16-18,28,33-34H,4,7,14-15,19-22H2;3-6,8-11,13-16,22-23,25,33-34H,7,12,17-21H2,1-2H3/b32-31-;3*31-30+. The van der Waals surface area contributed by atoms with Crippen LogP contribution in [0, 0.1) is 0 Å². The molecule has 16 nitrogen and oxygen atoms in total. The molecule has 8 N–H and O–H groups in total. The first-order valence-electron chi connectivity index (χ1n) is 51.9. The zero-order chi connectivity index (χ0) is 99.8. The molecule has 0 unspecified atom stereocenters. The number of nitrogens with zero attached hydrogens (tertiary/aromatic N) is 5. The molecule has 2 saturated heterocycles. The number of hydrogen-bond donors (Lipinski definition) is 8. The van der Waals surface area contributed by atoms with Gasteiger partial charge in [-0.3, -0.25) is 14.7 Å². The minimum absolute atomic E-state index is 0.113. The summed E-state index contributed by atoms with van der Waals surface area (Å²) in [7, 11) is 0. The molecule has 6 aliphatic rings. The van der Waals surface area contributed by atoms with Crippen LogP contribution in [0.1, 0.15) is 227 Å². The Morgan fingerprint density at radius 3 is 0.993 bits per heavy atom. The van der Waals surface area contributed by atoms with E-state index in [9.17, 15) is 45.6 Å². The molecule has 4 heterocycles. The second-order valence-electron chi connectivity index (χ2n) is 39.7. The lowest BCUT2D eigenvalue weighted by Gasteiger charge is -2.35. The molecular formula is C127H145N5O11. The van der Waals surface area contributed by atoms with E-state index in [1.54, 1.807) is 41.3 Å². The topological polar surface area (TPSA) is 214 Å². The predicted molar refractivity (Wildman–Crippen MR) is 586 cm³/mol. The molecule has 4 aliphatic heterocycles. The van der Waals surface area contributed by atoms with Gasteiger partial charge >= 0.3 is 6.09 Å². The van der Waals surface area contributed by atoms with Crippen LogP contribution in [0.2, 0.25) is 0 Å². The summed E-state index contributed by atoms with van der Waals surface area (Å²) in [5.41, 5.74) is 28.7. The molecule has 744 valence electrons. The quantitative estimate of drug-likeness (QED) is 0.0176. The van der Waals surface area contributed by atoms with Crippen molar-refractivity contribution >= 4 is 61.8 Å². The van der Waals surface area contributed by atoms with E-state index in [0.29, 0.717) is 57.3 Å². The summed E-state index contributed by atoms with van der Waals surface area (Å²) in [6, 6.07) is 109. The van der Waals surface area contributed by atoms with Crippen molar-refractivity contribution in [2.45, 2.75) is 167 Å². The minimum atomic E-state index is -0.485. The number of carbonyl (C=O) groups is 1. The number of aromatic hydroxyl groups is 4. The maximum absolute atomic E-state index is 12.3. The number of phenolic OH excluding ortho intramolecular Hbond substituents is 4. The molecule has 143 heavy (non-hydrogen) atoms. The van der Waals surface area contributed by atoms with Crippen molar-refractivity contribution in [3.8, 4) is 28.7 Å². The van der Waals surface area contributed by atoms with Crippen molar-refractivity contribution in [1.29, 1.82) is 0 Å². The lowest BCUT2D eigenvalue weighted by atomic mass is 9.85. The molecule has 0 bridgehead atoms. The van der Waals surface area contributed by atoms with E-state index < -0.39 is 5.60 Å². The van der Waals surface area contributed by atoms with Crippen LogP contribution in [0.25, 0.3) is 55.7 Å². The summed E-state index contributed by atoms with van der Waals surface area (Å²) in [5, 5.41) is 78.7. The zero-order valence-corrected chi connectivity index (χ0v) is 84.2.